The Kier molecular flexibility index (Phi) is 5.64. The third-order valence-electron chi connectivity index (χ3n) is 4.98. The van der Waals surface area contributed by atoms with E-state index in [4.69, 9.17) is 4.98 Å². The molecule has 0 unspecified atom stereocenters. The lowest BCUT2D eigenvalue weighted by atomic mass is 9.98. The Morgan fingerprint density at radius 2 is 1.89 bits per heavy atom. The van der Waals surface area contributed by atoms with Gasteiger partial charge in [0.1, 0.15) is 6.33 Å². The fourth-order valence-electron chi connectivity index (χ4n) is 3.62. The molecule has 27 heavy (non-hydrogen) atoms. The first-order valence-corrected chi connectivity index (χ1v) is 9.51. The fraction of sp³-hybridized carbons (Fsp3) is 0.333. The van der Waals surface area contributed by atoms with Gasteiger partial charge in [-0.25, -0.2) is 19.9 Å². The van der Waals surface area contributed by atoms with Gasteiger partial charge < -0.3 is 5.32 Å². The van der Waals surface area contributed by atoms with E-state index < -0.39 is 0 Å². The van der Waals surface area contributed by atoms with Crippen molar-refractivity contribution >= 4 is 11.6 Å². The van der Waals surface area contributed by atoms with Crippen molar-refractivity contribution in [2.45, 2.75) is 31.7 Å². The maximum Gasteiger partial charge on any atom is 0.227 e. The van der Waals surface area contributed by atoms with Gasteiger partial charge in [0, 0.05) is 12.7 Å². The number of hydrogen-bond donors (Lipinski definition) is 1. The van der Waals surface area contributed by atoms with E-state index in [2.05, 4.69) is 55.5 Å². The van der Waals surface area contributed by atoms with E-state index in [0.29, 0.717) is 12.0 Å². The Balaban J connectivity index is 1.47. The van der Waals surface area contributed by atoms with Crippen molar-refractivity contribution in [2.75, 3.05) is 18.4 Å². The SMILES string of the molecule is c1ccc(CCN2CCCC[C@@H]2c2ccnc(Nc3cncnc3)n2)cc1. The molecule has 4 rings (SSSR count). The van der Waals surface area contributed by atoms with Crippen LogP contribution in [0.15, 0.2) is 61.3 Å². The van der Waals surface area contributed by atoms with Crippen LogP contribution < -0.4 is 5.32 Å². The van der Waals surface area contributed by atoms with Crippen molar-refractivity contribution in [1.29, 1.82) is 0 Å². The zero-order valence-electron chi connectivity index (χ0n) is 15.3. The summed E-state index contributed by atoms with van der Waals surface area (Å²) in [7, 11) is 0. The summed E-state index contributed by atoms with van der Waals surface area (Å²) in [6.07, 6.45) is 11.5. The van der Waals surface area contributed by atoms with Gasteiger partial charge in [-0.15, -0.1) is 0 Å². The second kappa shape index (κ2) is 8.68. The van der Waals surface area contributed by atoms with Crippen LogP contribution in [0, 0.1) is 0 Å². The highest BCUT2D eigenvalue weighted by Crippen LogP contribution is 2.30. The number of rotatable bonds is 6. The van der Waals surface area contributed by atoms with E-state index >= 15 is 0 Å². The van der Waals surface area contributed by atoms with Crippen molar-refractivity contribution in [3.05, 3.63) is 72.6 Å². The Morgan fingerprint density at radius 3 is 2.74 bits per heavy atom. The quantitative estimate of drug-likeness (QED) is 0.722. The largest absolute Gasteiger partial charge is 0.322 e. The highest BCUT2D eigenvalue weighted by atomic mass is 15.2. The summed E-state index contributed by atoms with van der Waals surface area (Å²) in [5, 5.41) is 3.19. The van der Waals surface area contributed by atoms with Crippen molar-refractivity contribution in [1.82, 2.24) is 24.8 Å². The first-order chi connectivity index (χ1) is 13.4. The summed E-state index contributed by atoms with van der Waals surface area (Å²) in [6, 6.07) is 13.1. The second-order valence-electron chi connectivity index (χ2n) is 6.84. The van der Waals surface area contributed by atoms with Gasteiger partial charge in [0.15, 0.2) is 0 Å². The van der Waals surface area contributed by atoms with E-state index in [1.165, 1.54) is 24.7 Å². The van der Waals surface area contributed by atoms with Crippen LogP contribution in [-0.4, -0.2) is 37.9 Å². The molecule has 0 amide bonds. The predicted molar refractivity (Wildman–Crippen MR) is 106 cm³/mol. The Hall–Kier alpha value is -2.86. The van der Waals surface area contributed by atoms with Crippen LogP contribution in [0.3, 0.4) is 0 Å². The van der Waals surface area contributed by atoms with E-state index in [-0.39, 0.29) is 0 Å². The molecule has 3 heterocycles. The van der Waals surface area contributed by atoms with Gasteiger partial charge in [-0.3, -0.25) is 4.90 Å². The van der Waals surface area contributed by atoms with Crippen LogP contribution in [0.4, 0.5) is 11.6 Å². The number of piperidine rings is 1. The molecule has 0 bridgehead atoms. The van der Waals surface area contributed by atoms with Gasteiger partial charge >= 0.3 is 0 Å². The van der Waals surface area contributed by atoms with Crippen molar-refractivity contribution in [3.63, 3.8) is 0 Å². The minimum atomic E-state index is 0.345. The van der Waals surface area contributed by atoms with Crippen LogP contribution >= 0.6 is 0 Å². The van der Waals surface area contributed by atoms with Crippen LogP contribution in [-0.2, 0) is 6.42 Å². The monoisotopic (exact) mass is 360 g/mol. The number of anilines is 2. The summed E-state index contributed by atoms with van der Waals surface area (Å²) in [5.74, 6) is 0.593. The highest BCUT2D eigenvalue weighted by Gasteiger charge is 2.25. The van der Waals surface area contributed by atoms with E-state index in [1.54, 1.807) is 12.4 Å². The van der Waals surface area contributed by atoms with Crippen molar-refractivity contribution in [3.8, 4) is 0 Å². The van der Waals surface area contributed by atoms with Crippen molar-refractivity contribution < 1.29 is 0 Å². The summed E-state index contributed by atoms with van der Waals surface area (Å²) < 4.78 is 0. The molecular formula is C21H24N6. The van der Waals surface area contributed by atoms with E-state index in [9.17, 15) is 0 Å². The minimum absolute atomic E-state index is 0.345. The first kappa shape index (κ1) is 17.5. The van der Waals surface area contributed by atoms with Gasteiger partial charge in [0.05, 0.1) is 29.8 Å². The highest BCUT2D eigenvalue weighted by molar-refractivity contribution is 5.49. The number of benzene rings is 1. The lowest BCUT2D eigenvalue weighted by Gasteiger charge is -2.35. The van der Waals surface area contributed by atoms with Crippen molar-refractivity contribution in [2.24, 2.45) is 0 Å². The maximum absolute atomic E-state index is 4.78. The third kappa shape index (κ3) is 4.65. The third-order valence-corrected chi connectivity index (χ3v) is 4.98. The Morgan fingerprint density at radius 1 is 1.04 bits per heavy atom. The molecule has 6 heteroatoms. The predicted octanol–water partition coefficient (Wildman–Crippen LogP) is 3.78. The molecule has 1 saturated heterocycles. The number of nitrogens with one attached hydrogen (secondary N) is 1. The Bertz CT molecular complexity index is 840. The summed E-state index contributed by atoms with van der Waals surface area (Å²) in [4.78, 5) is 19.7. The average Bonchev–Trinajstić information content (AvgIpc) is 2.74. The van der Waals surface area contributed by atoms with Gasteiger partial charge in [-0.1, -0.05) is 36.8 Å². The normalized spacial score (nSPS) is 17.6. The van der Waals surface area contributed by atoms with E-state index in [0.717, 1.165) is 37.3 Å². The molecular weight excluding hydrogens is 336 g/mol. The zero-order chi connectivity index (χ0) is 18.3. The molecule has 1 N–H and O–H groups in total. The van der Waals surface area contributed by atoms with Gasteiger partial charge in [-0.2, -0.15) is 0 Å². The zero-order valence-corrected chi connectivity index (χ0v) is 15.3. The average molecular weight is 360 g/mol. The number of hydrogen-bond acceptors (Lipinski definition) is 6. The number of nitrogens with zero attached hydrogens (tertiary/aromatic N) is 5. The van der Waals surface area contributed by atoms with Gasteiger partial charge in [0.2, 0.25) is 5.95 Å². The standard InChI is InChI=1S/C21H24N6/c1-2-6-17(7-3-1)10-13-27-12-5-4-8-20(27)19-9-11-24-21(26-19)25-18-14-22-16-23-15-18/h1-3,6-7,9,11,14-16,20H,4-5,8,10,12-13H2,(H,24,25,26)/t20-/m1/s1. The lowest BCUT2D eigenvalue weighted by Crippen LogP contribution is -2.35. The minimum Gasteiger partial charge on any atom is -0.322 e. The van der Waals surface area contributed by atoms with E-state index in [1.807, 2.05) is 12.3 Å². The molecule has 0 aliphatic carbocycles. The summed E-state index contributed by atoms with van der Waals surface area (Å²) in [5.41, 5.74) is 3.26. The summed E-state index contributed by atoms with van der Waals surface area (Å²) >= 11 is 0. The molecule has 1 fully saturated rings. The molecule has 1 aliphatic rings. The van der Waals surface area contributed by atoms with Crippen LogP contribution in [0.2, 0.25) is 0 Å². The van der Waals surface area contributed by atoms with Gasteiger partial charge in [0.25, 0.3) is 0 Å². The second-order valence-corrected chi connectivity index (χ2v) is 6.84. The molecule has 2 aromatic heterocycles. The molecule has 1 atom stereocenters. The fourth-order valence-corrected chi connectivity index (χ4v) is 3.62. The van der Waals surface area contributed by atoms with Gasteiger partial charge in [-0.05, 0) is 37.4 Å². The van der Waals surface area contributed by atoms with Crippen LogP contribution in [0.25, 0.3) is 0 Å². The smallest absolute Gasteiger partial charge is 0.227 e. The molecule has 0 radical (unpaired) electrons. The molecule has 3 aromatic rings. The molecule has 1 aromatic carbocycles. The molecule has 0 saturated carbocycles. The lowest BCUT2D eigenvalue weighted by molar-refractivity contribution is 0.147. The van der Waals surface area contributed by atoms with Crippen LogP contribution in [0.5, 0.6) is 0 Å². The number of likely N-dealkylation sites (tertiary alicyclic amines) is 1. The summed E-state index contributed by atoms with van der Waals surface area (Å²) in [6.45, 7) is 2.17. The molecule has 0 spiro atoms. The maximum atomic E-state index is 4.78. The topological polar surface area (TPSA) is 66.8 Å². The number of aromatic nitrogens is 4. The molecule has 1 aliphatic heterocycles. The molecule has 138 valence electrons. The Labute approximate surface area is 159 Å². The van der Waals surface area contributed by atoms with Crippen LogP contribution in [0.1, 0.15) is 36.6 Å². The molecule has 6 nitrogen and oxygen atoms in total. The first-order valence-electron chi connectivity index (χ1n) is 9.51.